The molecule has 0 amide bonds. The topological polar surface area (TPSA) is 84.0 Å². The standard InChI is InChI=1S/C22H24BrN3O5/c23-17-2-1-3-18(11-17)26-22-14-29-7-6-27-4-5-28-8-9-30-20-12-19-16(10-21(20)31-22)13-24-15-25-19/h1-3,10-13,15,22,26H,4-9,14H2. The van der Waals surface area contributed by atoms with Gasteiger partial charge in [-0.3, -0.25) is 0 Å². The highest BCUT2D eigenvalue weighted by atomic mass is 79.9. The monoisotopic (exact) mass is 489 g/mol. The van der Waals surface area contributed by atoms with Gasteiger partial charge in [0.1, 0.15) is 19.5 Å². The molecule has 164 valence electrons. The molecule has 31 heavy (non-hydrogen) atoms. The average molecular weight is 490 g/mol. The number of aromatic nitrogens is 2. The fourth-order valence-electron chi connectivity index (χ4n) is 3.06. The Labute approximate surface area is 189 Å². The van der Waals surface area contributed by atoms with E-state index in [4.69, 9.17) is 23.7 Å². The summed E-state index contributed by atoms with van der Waals surface area (Å²) in [7, 11) is 0. The normalized spacial score (nSPS) is 18.7. The van der Waals surface area contributed by atoms with Crippen LogP contribution in [0.1, 0.15) is 0 Å². The Kier molecular flexibility index (Phi) is 7.89. The quantitative estimate of drug-likeness (QED) is 0.583. The van der Waals surface area contributed by atoms with Crippen LogP contribution in [0.5, 0.6) is 11.5 Å². The molecule has 2 aromatic carbocycles. The van der Waals surface area contributed by atoms with Crippen LogP contribution in [0.4, 0.5) is 5.69 Å². The summed E-state index contributed by atoms with van der Waals surface area (Å²) in [6.45, 7) is 3.10. The van der Waals surface area contributed by atoms with Crippen LogP contribution in [0, 0.1) is 0 Å². The first-order valence-electron chi connectivity index (χ1n) is 10.1. The molecule has 2 heterocycles. The van der Waals surface area contributed by atoms with Crippen LogP contribution in [-0.2, 0) is 14.2 Å². The van der Waals surface area contributed by atoms with Crippen molar-refractivity contribution in [1.82, 2.24) is 9.97 Å². The van der Waals surface area contributed by atoms with Crippen molar-refractivity contribution in [3.63, 3.8) is 0 Å². The molecule has 0 saturated carbocycles. The highest BCUT2D eigenvalue weighted by Crippen LogP contribution is 2.32. The minimum atomic E-state index is -0.458. The van der Waals surface area contributed by atoms with E-state index in [0.29, 0.717) is 57.7 Å². The maximum atomic E-state index is 6.31. The van der Waals surface area contributed by atoms with Gasteiger partial charge in [-0.15, -0.1) is 0 Å². The molecule has 0 bridgehead atoms. The second-order valence-electron chi connectivity index (χ2n) is 6.79. The van der Waals surface area contributed by atoms with Crippen molar-refractivity contribution < 1.29 is 23.7 Å². The van der Waals surface area contributed by atoms with E-state index in [2.05, 4.69) is 31.2 Å². The molecule has 0 fully saturated rings. The molecular weight excluding hydrogens is 466 g/mol. The lowest BCUT2D eigenvalue weighted by Crippen LogP contribution is -2.32. The third-order valence-electron chi connectivity index (χ3n) is 4.49. The van der Waals surface area contributed by atoms with Crippen LogP contribution >= 0.6 is 15.9 Å². The molecule has 3 aromatic rings. The predicted octanol–water partition coefficient (Wildman–Crippen LogP) is 3.65. The zero-order chi connectivity index (χ0) is 21.3. The molecule has 1 aliphatic heterocycles. The predicted molar refractivity (Wildman–Crippen MR) is 120 cm³/mol. The summed E-state index contributed by atoms with van der Waals surface area (Å²) in [6, 6.07) is 11.6. The minimum absolute atomic E-state index is 0.315. The van der Waals surface area contributed by atoms with Crippen molar-refractivity contribution in [3.8, 4) is 11.5 Å². The third kappa shape index (κ3) is 6.51. The molecular formula is C22H24BrN3O5. The summed E-state index contributed by atoms with van der Waals surface area (Å²) in [6.07, 6.45) is 2.80. The molecule has 0 radical (unpaired) electrons. The fraction of sp³-hybridized carbons (Fsp3) is 0.364. The van der Waals surface area contributed by atoms with Gasteiger partial charge in [0.2, 0.25) is 0 Å². The van der Waals surface area contributed by atoms with E-state index in [1.807, 2.05) is 36.4 Å². The first-order valence-corrected chi connectivity index (χ1v) is 10.9. The van der Waals surface area contributed by atoms with E-state index < -0.39 is 6.23 Å². The van der Waals surface area contributed by atoms with E-state index in [-0.39, 0.29) is 0 Å². The van der Waals surface area contributed by atoms with E-state index in [0.717, 1.165) is 21.1 Å². The van der Waals surface area contributed by atoms with Crippen molar-refractivity contribution in [2.75, 3.05) is 51.6 Å². The Hall–Kier alpha value is -2.46. The Bertz CT molecular complexity index is 990. The lowest BCUT2D eigenvalue weighted by Gasteiger charge is -2.23. The van der Waals surface area contributed by atoms with Gasteiger partial charge in [0, 0.05) is 27.8 Å². The summed E-state index contributed by atoms with van der Waals surface area (Å²) in [5, 5.41) is 4.23. The van der Waals surface area contributed by atoms with Gasteiger partial charge < -0.3 is 29.0 Å². The lowest BCUT2D eigenvalue weighted by molar-refractivity contribution is -0.000800. The number of nitrogens with zero attached hydrogens (tertiary/aromatic N) is 2. The summed E-state index contributed by atoms with van der Waals surface area (Å²) in [4.78, 5) is 8.42. The van der Waals surface area contributed by atoms with Crippen molar-refractivity contribution in [3.05, 3.63) is 53.4 Å². The van der Waals surface area contributed by atoms with Gasteiger partial charge in [-0.25, -0.2) is 9.97 Å². The first kappa shape index (κ1) is 21.8. The molecule has 1 N–H and O–H groups in total. The number of hydrogen-bond donors (Lipinski definition) is 1. The van der Waals surface area contributed by atoms with Crippen molar-refractivity contribution in [2.24, 2.45) is 0 Å². The van der Waals surface area contributed by atoms with Crippen LogP contribution in [-0.4, -0.2) is 62.4 Å². The van der Waals surface area contributed by atoms with E-state index in [1.54, 1.807) is 6.20 Å². The average Bonchev–Trinajstić information content (AvgIpc) is 2.77. The number of fused-ring (bicyclic) bond motifs is 2. The van der Waals surface area contributed by atoms with Gasteiger partial charge >= 0.3 is 0 Å². The SMILES string of the molecule is Brc1cccc(NC2COCCOCCOCCOc3cc4ncncc4cc3O2)c1. The molecule has 9 heteroatoms. The Morgan fingerprint density at radius 3 is 2.55 bits per heavy atom. The van der Waals surface area contributed by atoms with Crippen molar-refractivity contribution >= 4 is 32.5 Å². The molecule has 1 aliphatic rings. The van der Waals surface area contributed by atoms with Gasteiger partial charge in [0.15, 0.2) is 17.7 Å². The summed E-state index contributed by atoms with van der Waals surface area (Å²) < 4.78 is 30.1. The molecule has 1 unspecified atom stereocenters. The van der Waals surface area contributed by atoms with E-state index in [9.17, 15) is 0 Å². The van der Waals surface area contributed by atoms with Gasteiger partial charge in [-0.2, -0.15) is 0 Å². The van der Waals surface area contributed by atoms with Crippen LogP contribution in [0.2, 0.25) is 0 Å². The second-order valence-corrected chi connectivity index (χ2v) is 7.71. The third-order valence-corrected chi connectivity index (χ3v) is 4.98. The molecule has 8 nitrogen and oxygen atoms in total. The van der Waals surface area contributed by atoms with E-state index >= 15 is 0 Å². The van der Waals surface area contributed by atoms with Crippen LogP contribution in [0.3, 0.4) is 0 Å². The largest absolute Gasteiger partial charge is 0.487 e. The highest BCUT2D eigenvalue weighted by molar-refractivity contribution is 9.10. The number of nitrogens with one attached hydrogen (secondary N) is 1. The molecule has 1 atom stereocenters. The number of ether oxygens (including phenoxy) is 5. The Morgan fingerprint density at radius 2 is 1.71 bits per heavy atom. The number of anilines is 1. The lowest BCUT2D eigenvalue weighted by atomic mass is 10.2. The van der Waals surface area contributed by atoms with Gasteiger partial charge in [-0.1, -0.05) is 22.0 Å². The number of rotatable bonds is 2. The zero-order valence-corrected chi connectivity index (χ0v) is 18.5. The minimum Gasteiger partial charge on any atom is -0.487 e. The molecule has 0 aliphatic carbocycles. The maximum Gasteiger partial charge on any atom is 0.193 e. The summed E-state index contributed by atoms with van der Waals surface area (Å²) in [5.74, 6) is 1.16. The van der Waals surface area contributed by atoms with E-state index in [1.165, 1.54) is 6.33 Å². The zero-order valence-electron chi connectivity index (χ0n) is 17.0. The van der Waals surface area contributed by atoms with Crippen molar-refractivity contribution in [2.45, 2.75) is 6.23 Å². The van der Waals surface area contributed by atoms with Crippen LogP contribution in [0.15, 0.2) is 53.4 Å². The van der Waals surface area contributed by atoms with Crippen LogP contribution < -0.4 is 14.8 Å². The number of benzene rings is 2. The maximum absolute atomic E-state index is 6.31. The van der Waals surface area contributed by atoms with Crippen LogP contribution in [0.25, 0.3) is 10.9 Å². The fourth-order valence-corrected chi connectivity index (χ4v) is 3.46. The highest BCUT2D eigenvalue weighted by Gasteiger charge is 2.17. The Balaban J connectivity index is 1.60. The van der Waals surface area contributed by atoms with Gasteiger partial charge in [-0.05, 0) is 24.3 Å². The van der Waals surface area contributed by atoms with Gasteiger partial charge in [0.05, 0.1) is 38.6 Å². The molecule has 0 saturated heterocycles. The number of hydrogen-bond acceptors (Lipinski definition) is 8. The molecule has 1 aromatic heterocycles. The molecule has 4 rings (SSSR count). The molecule has 0 spiro atoms. The van der Waals surface area contributed by atoms with Crippen molar-refractivity contribution in [1.29, 1.82) is 0 Å². The summed E-state index contributed by atoms with van der Waals surface area (Å²) in [5.41, 5.74) is 1.68. The van der Waals surface area contributed by atoms with Gasteiger partial charge in [0.25, 0.3) is 0 Å². The smallest absolute Gasteiger partial charge is 0.193 e. The summed E-state index contributed by atoms with van der Waals surface area (Å²) >= 11 is 3.50. The number of halogens is 1. The first-order chi connectivity index (χ1) is 15.3. The second kappa shape index (κ2) is 11.2. The Morgan fingerprint density at radius 1 is 0.903 bits per heavy atom.